The monoisotopic (exact) mass is 205 g/mol. The third kappa shape index (κ3) is 3.87. The van der Waals surface area contributed by atoms with E-state index in [0.717, 1.165) is 31.3 Å². The number of carbonyl (C=O) groups is 1. The van der Waals surface area contributed by atoms with Gasteiger partial charge in [0.05, 0.1) is 6.07 Å². The molecule has 2 nitrogen and oxygen atoms in total. The summed E-state index contributed by atoms with van der Waals surface area (Å²) in [5.74, 6) is 0.311. The Bertz CT molecular complexity index is 307. The molecular formula is C13H19NO. The first kappa shape index (κ1) is 12.0. The fourth-order valence-corrected chi connectivity index (χ4v) is 1.98. The molecule has 0 aliphatic heterocycles. The molecule has 0 aromatic rings. The van der Waals surface area contributed by atoms with Gasteiger partial charge in [-0.15, -0.1) is 0 Å². The van der Waals surface area contributed by atoms with Crippen LogP contribution in [-0.4, -0.2) is 5.78 Å². The predicted molar refractivity (Wildman–Crippen MR) is 60.2 cm³/mol. The van der Waals surface area contributed by atoms with Crippen LogP contribution in [0, 0.1) is 16.7 Å². The molecule has 0 N–H and O–H groups in total. The van der Waals surface area contributed by atoms with Gasteiger partial charge in [0.15, 0.2) is 5.78 Å². The van der Waals surface area contributed by atoms with Crippen molar-refractivity contribution in [1.82, 2.24) is 0 Å². The summed E-state index contributed by atoms with van der Waals surface area (Å²) in [5.41, 5.74) is 0.974. The minimum Gasteiger partial charge on any atom is -0.295 e. The summed E-state index contributed by atoms with van der Waals surface area (Å²) in [7, 11) is 0. The molecule has 0 saturated heterocycles. The van der Waals surface area contributed by atoms with Gasteiger partial charge in [-0.1, -0.05) is 19.9 Å². The van der Waals surface area contributed by atoms with Gasteiger partial charge in [0.1, 0.15) is 0 Å². The van der Waals surface area contributed by atoms with Crippen LogP contribution in [0.1, 0.15) is 52.4 Å². The standard InChI is InChI=1S/C13H19NO/c1-13(2,8-5-9-14)10-11-6-3-4-7-12(11)15/h10H,3-8H2,1-2H3. The Morgan fingerprint density at radius 1 is 1.40 bits per heavy atom. The maximum Gasteiger partial charge on any atom is 0.158 e. The van der Waals surface area contributed by atoms with Crippen LogP contribution in [0.5, 0.6) is 0 Å². The van der Waals surface area contributed by atoms with E-state index in [9.17, 15) is 4.79 Å². The molecule has 1 rings (SSSR count). The van der Waals surface area contributed by atoms with E-state index in [-0.39, 0.29) is 5.41 Å². The van der Waals surface area contributed by atoms with Gasteiger partial charge >= 0.3 is 0 Å². The smallest absolute Gasteiger partial charge is 0.158 e. The summed E-state index contributed by atoms with van der Waals surface area (Å²) in [4.78, 5) is 11.6. The lowest BCUT2D eigenvalue weighted by atomic mass is 9.82. The van der Waals surface area contributed by atoms with E-state index in [2.05, 4.69) is 26.0 Å². The van der Waals surface area contributed by atoms with Crippen LogP contribution in [0.15, 0.2) is 11.6 Å². The number of hydrogen-bond donors (Lipinski definition) is 0. The molecule has 1 aliphatic carbocycles. The first-order valence-corrected chi connectivity index (χ1v) is 5.67. The normalized spacial score (nSPS) is 20.3. The van der Waals surface area contributed by atoms with Gasteiger partial charge in [-0.05, 0) is 36.7 Å². The summed E-state index contributed by atoms with van der Waals surface area (Å²) in [6.07, 6.45) is 7.28. The third-order valence-electron chi connectivity index (χ3n) is 2.90. The van der Waals surface area contributed by atoms with Gasteiger partial charge < -0.3 is 0 Å². The average molecular weight is 205 g/mol. The van der Waals surface area contributed by atoms with Gasteiger partial charge in [0.2, 0.25) is 0 Å². The molecule has 0 heterocycles. The number of ketones is 1. The summed E-state index contributed by atoms with van der Waals surface area (Å²) in [6, 6.07) is 2.16. The lowest BCUT2D eigenvalue weighted by Crippen LogP contribution is -2.14. The SMILES string of the molecule is CC(C)(C=C1CCCCC1=O)CCC#N. The van der Waals surface area contributed by atoms with Gasteiger partial charge in [0, 0.05) is 12.8 Å². The van der Waals surface area contributed by atoms with Crippen molar-refractivity contribution in [2.45, 2.75) is 52.4 Å². The van der Waals surface area contributed by atoms with E-state index in [4.69, 9.17) is 5.26 Å². The van der Waals surface area contributed by atoms with Crippen molar-refractivity contribution in [3.05, 3.63) is 11.6 Å². The molecule has 1 saturated carbocycles. The Kier molecular flexibility index (Phi) is 4.08. The van der Waals surface area contributed by atoms with Crippen LogP contribution in [0.3, 0.4) is 0 Å². The van der Waals surface area contributed by atoms with Crippen molar-refractivity contribution in [2.24, 2.45) is 5.41 Å². The van der Waals surface area contributed by atoms with E-state index < -0.39 is 0 Å². The van der Waals surface area contributed by atoms with Crippen molar-refractivity contribution in [2.75, 3.05) is 0 Å². The van der Waals surface area contributed by atoms with Crippen molar-refractivity contribution >= 4 is 5.78 Å². The van der Waals surface area contributed by atoms with Crippen LogP contribution in [-0.2, 0) is 4.79 Å². The molecule has 0 aromatic carbocycles. The van der Waals surface area contributed by atoms with Crippen molar-refractivity contribution in [1.29, 1.82) is 5.26 Å². The largest absolute Gasteiger partial charge is 0.295 e. The van der Waals surface area contributed by atoms with Gasteiger partial charge in [-0.25, -0.2) is 0 Å². The van der Waals surface area contributed by atoms with Crippen LogP contribution < -0.4 is 0 Å². The second-order valence-corrected chi connectivity index (χ2v) is 4.95. The lowest BCUT2D eigenvalue weighted by Gasteiger charge is -2.22. The number of allylic oxidation sites excluding steroid dienone is 2. The molecule has 0 aromatic heterocycles. The van der Waals surface area contributed by atoms with Crippen LogP contribution in [0.25, 0.3) is 0 Å². The second-order valence-electron chi connectivity index (χ2n) is 4.95. The van der Waals surface area contributed by atoms with Gasteiger partial charge in [-0.3, -0.25) is 4.79 Å². The maximum atomic E-state index is 11.6. The van der Waals surface area contributed by atoms with Crippen molar-refractivity contribution in [3.63, 3.8) is 0 Å². The van der Waals surface area contributed by atoms with Crippen molar-refractivity contribution < 1.29 is 4.79 Å². The number of nitriles is 1. The number of nitrogens with zero attached hydrogens (tertiary/aromatic N) is 1. The van der Waals surface area contributed by atoms with E-state index in [1.165, 1.54) is 0 Å². The van der Waals surface area contributed by atoms with Crippen LogP contribution in [0.4, 0.5) is 0 Å². The topological polar surface area (TPSA) is 40.9 Å². The third-order valence-corrected chi connectivity index (χ3v) is 2.90. The highest BCUT2D eigenvalue weighted by molar-refractivity contribution is 5.96. The van der Waals surface area contributed by atoms with Gasteiger partial charge in [0.25, 0.3) is 0 Å². The minimum atomic E-state index is -0.0158. The molecular weight excluding hydrogens is 186 g/mol. The predicted octanol–water partition coefficient (Wildman–Crippen LogP) is 3.39. The molecule has 0 atom stereocenters. The molecule has 15 heavy (non-hydrogen) atoms. The Morgan fingerprint density at radius 2 is 2.07 bits per heavy atom. The summed E-state index contributed by atoms with van der Waals surface area (Å²) in [5, 5.41) is 8.55. The molecule has 1 aliphatic rings. The molecule has 0 spiro atoms. The highest BCUT2D eigenvalue weighted by Gasteiger charge is 2.20. The van der Waals surface area contributed by atoms with E-state index in [1.807, 2.05) is 0 Å². The second kappa shape index (κ2) is 5.11. The first-order chi connectivity index (χ1) is 7.05. The minimum absolute atomic E-state index is 0.0158. The number of Topliss-reactive ketones (excluding diaryl/α,β-unsaturated/α-hetero) is 1. The van der Waals surface area contributed by atoms with Crippen LogP contribution in [0.2, 0.25) is 0 Å². The molecule has 0 radical (unpaired) electrons. The Balaban J connectivity index is 2.67. The fourth-order valence-electron chi connectivity index (χ4n) is 1.98. The molecule has 0 bridgehead atoms. The maximum absolute atomic E-state index is 11.6. The number of hydrogen-bond acceptors (Lipinski definition) is 2. The van der Waals surface area contributed by atoms with Crippen molar-refractivity contribution in [3.8, 4) is 6.07 Å². The number of rotatable bonds is 3. The fraction of sp³-hybridized carbons (Fsp3) is 0.692. The Morgan fingerprint density at radius 3 is 2.67 bits per heavy atom. The zero-order valence-electron chi connectivity index (χ0n) is 9.68. The summed E-state index contributed by atoms with van der Waals surface area (Å²) in [6.45, 7) is 4.19. The number of carbonyl (C=O) groups excluding carboxylic acids is 1. The molecule has 1 fully saturated rings. The summed E-state index contributed by atoms with van der Waals surface area (Å²) >= 11 is 0. The molecule has 0 amide bonds. The van der Waals surface area contributed by atoms with E-state index in [1.54, 1.807) is 0 Å². The highest BCUT2D eigenvalue weighted by atomic mass is 16.1. The van der Waals surface area contributed by atoms with Crippen LogP contribution >= 0.6 is 0 Å². The Labute approximate surface area is 92.0 Å². The molecule has 2 heteroatoms. The lowest BCUT2D eigenvalue weighted by molar-refractivity contribution is -0.116. The summed E-state index contributed by atoms with van der Waals surface area (Å²) < 4.78 is 0. The van der Waals surface area contributed by atoms with E-state index >= 15 is 0 Å². The molecule has 82 valence electrons. The first-order valence-electron chi connectivity index (χ1n) is 5.67. The van der Waals surface area contributed by atoms with Gasteiger partial charge in [-0.2, -0.15) is 5.26 Å². The molecule has 0 unspecified atom stereocenters. The highest BCUT2D eigenvalue weighted by Crippen LogP contribution is 2.29. The zero-order valence-corrected chi connectivity index (χ0v) is 9.68. The zero-order chi connectivity index (χ0) is 11.3. The van der Waals surface area contributed by atoms with E-state index in [0.29, 0.717) is 18.6 Å². The average Bonchev–Trinajstić information content (AvgIpc) is 2.18. The quantitative estimate of drug-likeness (QED) is 0.663. The Hall–Kier alpha value is -1.10.